The van der Waals surface area contributed by atoms with Crippen molar-refractivity contribution in [3.8, 4) is 5.75 Å². The number of aryl methyl sites for hydroxylation is 1. The Labute approximate surface area is 129 Å². The zero-order valence-corrected chi connectivity index (χ0v) is 14.1. The molecule has 0 bridgehead atoms. The Kier molecular flexibility index (Phi) is 3.80. The normalized spacial score (nSPS) is 30.6. The molecule has 0 saturated heterocycles. The van der Waals surface area contributed by atoms with Gasteiger partial charge in [-0.2, -0.15) is 0 Å². The van der Waals surface area contributed by atoms with Crippen LogP contribution in [0.1, 0.15) is 76.0 Å². The molecule has 1 aromatic rings. The van der Waals surface area contributed by atoms with Crippen molar-refractivity contribution < 1.29 is 5.11 Å². The van der Waals surface area contributed by atoms with E-state index in [1.807, 2.05) is 6.07 Å². The van der Waals surface area contributed by atoms with Crippen LogP contribution in [0.15, 0.2) is 12.1 Å². The van der Waals surface area contributed by atoms with Crippen LogP contribution < -0.4 is 0 Å². The highest BCUT2D eigenvalue weighted by atomic mass is 16.3. The lowest BCUT2D eigenvalue weighted by Gasteiger charge is -2.49. The van der Waals surface area contributed by atoms with Gasteiger partial charge in [0.05, 0.1) is 0 Å². The van der Waals surface area contributed by atoms with E-state index in [1.54, 1.807) is 0 Å². The highest BCUT2D eigenvalue weighted by Crippen LogP contribution is 2.56. The van der Waals surface area contributed by atoms with E-state index in [0.717, 1.165) is 31.1 Å². The lowest BCUT2D eigenvalue weighted by molar-refractivity contribution is 0.0947. The average molecular weight is 286 g/mol. The molecule has 3 atom stereocenters. The number of benzene rings is 1. The number of hydrogen-bond acceptors (Lipinski definition) is 1. The summed E-state index contributed by atoms with van der Waals surface area (Å²) < 4.78 is 0. The summed E-state index contributed by atoms with van der Waals surface area (Å²) in [6, 6.07) is 4.42. The molecule has 3 unspecified atom stereocenters. The van der Waals surface area contributed by atoms with Crippen LogP contribution >= 0.6 is 0 Å². The lowest BCUT2D eigenvalue weighted by Crippen LogP contribution is -2.39. The molecule has 1 aromatic carbocycles. The Morgan fingerprint density at radius 2 is 2.00 bits per heavy atom. The van der Waals surface area contributed by atoms with E-state index in [2.05, 4.69) is 33.8 Å². The van der Waals surface area contributed by atoms with Crippen LogP contribution in [0.2, 0.25) is 0 Å². The molecule has 1 nitrogen and oxygen atoms in total. The summed E-state index contributed by atoms with van der Waals surface area (Å²) >= 11 is 0. The Bertz CT molecular complexity index is 529. The molecule has 2 aliphatic carbocycles. The Morgan fingerprint density at radius 1 is 1.24 bits per heavy atom. The van der Waals surface area contributed by atoms with E-state index in [4.69, 9.17) is 0 Å². The van der Waals surface area contributed by atoms with Gasteiger partial charge in [-0.1, -0.05) is 46.6 Å². The van der Waals surface area contributed by atoms with Crippen LogP contribution in [0.4, 0.5) is 0 Å². The fraction of sp³-hybridized carbons (Fsp3) is 0.700. The van der Waals surface area contributed by atoms with Crippen molar-refractivity contribution in [2.45, 2.75) is 72.1 Å². The van der Waals surface area contributed by atoms with Crippen molar-refractivity contribution >= 4 is 0 Å². The summed E-state index contributed by atoms with van der Waals surface area (Å²) in [5.41, 5.74) is 4.41. The Morgan fingerprint density at radius 3 is 2.71 bits per heavy atom. The van der Waals surface area contributed by atoms with Crippen LogP contribution in [0.5, 0.6) is 5.75 Å². The SMILES string of the molecule is CCCc1cc(O)c2c(c1)CC(C)(C)C1CCC(C)CC21. The zero-order valence-electron chi connectivity index (χ0n) is 14.1. The lowest BCUT2D eigenvalue weighted by atomic mass is 9.55. The molecule has 0 amide bonds. The van der Waals surface area contributed by atoms with Crippen LogP contribution in [0.25, 0.3) is 0 Å². The summed E-state index contributed by atoms with van der Waals surface area (Å²) in [5.74, 6) is 2.69. The molecular weight excluding hydrogens is 256 g/mol. The maximum atomic E-state index is 10.7. The topological polar surface area (TPSA) is 20.2 Å². The first-order valence-corrected chi connectivity index (χ1v) is 8.77. The minimum Gasteiger partial charge on any atom is -0.508 e. The minimum atomic E-state index is 0.370. The van der Waals surface area contributed by atoms with Crippen LogP contribution in [0.3, 0.4) is 0 Å². The van der Waals surface area contributed by atoms with Gasteiger partial charge in [-0.25, -0.2) is 0 Å². The first kappa shape index (κ1) is 14.9. The van der Waals surface area contributed by atoms with Gasteiger partial charge >= 0.3 is 0 Å². The first-order chi connectivity index (χ1) is 9.92. The second-order valence-electron chi connectivity index (χ2n) is 8.23. The van der Waals surface area contributed by atoms with Crippen molar-refractivity contribution in [2.24, 2.45) is 17.3 Å². The second-order valence-corrected chi connectivity index (χ2v) is 8.23. The molecule has 1 heteroatoms. The molecule has 21 heavy (non-hydrogen) atoms. The number of hydrogen-bond donors (Lipinski definition) is 1. The number of aromatic hydroxyl groups is 1. The molecule has 0 spiro atoms. The molecule has 0 radical (unpaired) electrons. The van der Waals surface area contributed by atoms with Gasteiger partial charge < -0.3 is 5.11 Å². The number of fused-ring (bicyclic) bond motifs is 3. The van der Waals surface area contributed by atoms with E-state index in [0.29, 0.717) is 17.1 Å². The molecule has 1 saturated carbocycles. The van der Waals surface area contributed by atoms with E-state index in [9.17, 15) is 5.11 Å². The predicted molar refractivity (Wildman–Crippen MR) is 88.8 cm³/mol. The van der Waals surface area contributed by atoms with Gasteiger partial charge in [-0.05, 0) is 66.0 Å². The maximum absolute atomic E-state index is 10.7. The third-order valence-electron chi connectivity index (χ3n) is 5.98. The van der Waals surface area contributed by atoms with E-state index in [1.165, 1.54) is 36.0 Å². The highest BCUT2D eigenvalue weighted by molar-refractivity contribution is 5.48. The summed E-state index contributed by atoms with van der Waals surface area (Å²) in [5, 5.41) is 10.7. The molecule has 1 fully saturated rings. The summed E-state index contributed by atoms with van der Waals surface area (Å²) in [4.78, 5) is 0. The third-order valence-corrected chi connectivity index (χ3v) is 5.98. The zero-order chi connectivity index (χ0) is 15.2. The van der Waals surface area contributed by atoms with E-state index >= 15 is 0 Å². The molecule has 116 valence electrons. The van der Waals surface area contributed by atoms with Gasteiger partial charge in [0, 0.05) is 5.56 Å². The summed E-state index contributed by atoms with van der Waals surface area (Å²) in [7, 11) is 0. The van der Waals surface area contributed by atoms with Crippen LogP contribution in [-0.4, -0.2) is 5.11 Å². The molecule has 0 aliphatic heterocycles. The van der Waals surface area contributed by atoms with Gasteiger partial charge in [0.25, 0.3) is 0 Å². The fourth-order valence-corrected chi connectivity index (χ4v) is 5.03. The van der Waals surface area contributed by atoms with Crippen molar-refractivity contribution in [3.63, 3.8) is 0 Å². The minimum absolute atomic E-state index is 0.370. The van der Waals surface area contributed by atoms with Gasteiger partial charge in [0.1, 0.15) is 5.75 Å². The Hall–Kier alpha value is -0.980. The molecular formula is C20H30O. The average Bonchev–Trinajstić information content (AvgIpc) is 2.37. The van der Waals surface area contributed by atoms with Crippen molar-refractivity contribution in [2.75, 3.05) is 0 Å². The van der Waals surface area contributed by atoms with Gasteiger partial charge in [0.15, 0.2) is 0 Å². The summed E-state index contributed by atoms with van der Waals surface area (Å²) in [6.45, 7) is 9.46. The van der Waals surface area contributed by atoms with E-state index in [-0.39, 0.29) is 0 Å². The number of phenolic OH excluding ortho intramolecular Hbond substituents is 1. The van der Waals surface area contributed by atoms with Crippen molar-refractivity contribution in [1.82, 2.24) is 0 Å². The van der Waals surface area contributed by atoms with Crippen LogP contribution in [0, 0.1) is 17.3 Å². The maximum Gasteiger partial charge on any atom is 0.119 e. The van der Waals surface area contributed by atoms with Crippen molar-refractivity contribution in [1.29, 1.82) is 0 Å². The predicted octanol–water partition coefficient (Wildman–Crippen LogP) is 5.45. The first-order valence-electron chi connectivity index (χ1n) is 8.77. The fourth-order valence-electron chi connectivity index (χ4n) is 5.03. The van der Waals surface area contributed by atoms with Gasteiger partial charge in [-0.15, -0.1) is 0 Å². The quantitative estimate of drug-likeness (QED) is 0.766. The summed E-state index contributed by atoms with van der Waals surface area (Å²) in [6.07, 6.45) is 7.28. The monoisotopic (exact) mass is 286 g/mol. The van der Waals surface area contributed by atoms with Crippen molar-refractivity contribution in [3.05, 3.63) is 28.8 Å². The number of rotatable bonds is 2. The van der Waals surface area contributed by atoms with Crippen LogP contribution in [-0.2, 0) is 12.8 Å². The largest absolute Gasteiger partial charge is 0.508 e. The second kappa shape index (κ2) is 5.34. The standard InChI is InChI=1S/C20H30O/c1-5-6-14-10-15-12-20(3,4)17-8-7-13(2)9-16(17)19(15)18(21)11-14/h10-11,13,16-17,21H,5-9,12H2,1-4H3. The number of phenols is 1. The van der Waals surface area contributed by atoms with Gasteiger partial charge in [-0.3, -0.25) is 0 Å². The molecule has 1 N–H and O–H groups in total. The highest BCUT2D eigenvalue weighted by Gasteiger charge is 2.45. The molecule has 2 aliphatic rings. The molecule has 0 aromatic heterocycles. The van der Waals surface area contributed by atoms with Gasteiger partial charge in [0.2, 0.25) is 0 Å². The Balaban J connectivity index is 2.07. The molecule has 0 heterocycles. The smallest absolute Gasteiger partial charge is 0.119 e. The molecule has 3 rings (SSSR count). The third kappa shape index (κ3) is 2.60. The van der Waals surface area contributed by atoms with E-state index < -0.39 is 0 Å².